The van der Waals surface area contributed by atoms with Gasteiger partial charge in [0, 0.05) is 13.0 Å². The van der Waals surface area contributed by atoms with E-state index in [0.29, 0.717) is 5.78 Å². The summed E-state index contributed by atoms with van der Waals surface area (Å²) in [5, 5.41) is 0. The molecule has 0 aromatic carbocycles. The molecule has 0 radical (unpaired) electrons. The summed E-state index contributed by atoms with van der Waals surface area (Å²) in [5.41, 5.74) is -0.623. The zero-order valence-corrected chi connectivity index (χ0v) is 13.8. The summed E-state index contributed by atoms with van der Waals surface area (Å²) in [6.07, 6.45) is 10.7. The van der Waals surface area contributed by atoms with Gasteiger partial charge < -0.3 is 4.74 Å². The van der Waals surface area contributed by atoms with Gasteiger partial charge in [-0.3, -0.25) is 4.79 Å². The number of rotatable bonds is 12. The van der Waals surface area contributed by atoms with Crippen molar-refractivity contribution in [1.29, 1.82) is 0 Å². The molecule has 0 saturated carbocycles. The van der Waals surface area contributed by atoms with Gasteiger partial charge in [0.15, 0.2) is 5.78 Å². The van der Waals surface area contributed by atoms with Crippen LogP contribution in [0.2, 0.25) is 0 Å². The molecule has 0 heterocycles. The lowest BCUT2D eigenvalue weighted by Gasteiger charge is -2.27. The van der Waals surface area contributed by atoms with E-state index in [9.17, 15) is 4.79 Å². The average Bonchev–Trinajstić information content (AvgIpc) is 2.41. The van der Waals surface area contributed by atoms with E-state index in [1.807, 2.05) is 13.8 Å². The first-order valence-corrected chi connectivity index (χ1v) is 8.09. The minimum atomic E-state index is -0.623. The second-order valence-corrected chi connectivity index (χ2v) is 6.12. The topological polar surface area (TPSA) is 26.3 Å². The van der Waals surface area contributed by atoms with E-state index in [4.69, 9.17) is 4.74 Å². The third-order valence-corrected chi connectivity index (χ3v) is 4.04. The van der Waals surface area contributed by atoms with E-state index in [0.717, 1.165) is 25.7 Å². The number of Topliss-reactive ketones (excluding diaryl/α,β-unsaturated/α-hetero) is 1. The Morgan fingerprint density at radius 1 is 0.947 bits per heavy atom. The van der Waals surface area contributed by atoms with Crippen LogP contribution >= 0.6 is 0 Å². The molecule has 0 aromatic rings. The average molecular weight is 270 g/mol. The van der Waals surface area contributed by atoms with Gasteiger partial charge in [0.05, 0.1) is 0 Å². The number of methoxy groups -OCH3 is 1. The molecule has 0 aromatic heterocycles. The summed E-state index contributed by atoms with van der Waals surface area (Å²) in [6, 6.07) is 0. The first-order chi connectivity index (χ1) is 8.99. The van der Waals surface area contributed by atoms with Gasteiger partial charge in [-0.05, 0) is 26.7 Å². The zero-order valence-electron chi connectivity index (χ0n) is 13.8. The minimum absolute atomic E-state index is 0.191. The smallest absolute Gasteiger partial charge is 0.167 e. The number of carbonyl (C=O) groups excluding carboxylic acids is 1. The van der Waals surface area contributed by atoms with Crippen LogP contribution in [0, 0.1) is 5.92 Å². The van der Waals surface area contributed by atoms with Crippen molar-refractivity contribution in [2.45, 2.75) is 91.1 Å². The van der Waals surface area contributed by atoms with Crippen LogP contribution in [0.15, 0.2) is 0 Å². The maximum atomic E-state index is 12.5. The molecule has 2 nitrogen and oxygen atoms in total. The van der Waals surface area contributed by atoms with Gasteiger partial charge in [-0.15, -0.1) is 0 Å². The van der Waals surface area contributed by atoms with Crippen LogP contribution in [-0.4, -0.2) is 18.5 Å². The monoisotopic (exact) mass is 270 g/mol. The molecule has 0 aliphatic heterocycles. The summed E-state index contributed by atoms with van der Waals surface area (Å²) < 4.78 is 5.36. The molecule has 0 fully saturated rings. The van der Waals surface area contributed by atoms with E-state index in [2.05, 4.69) is 13.8 Å². The zero-order chi connectivity index (χ0) is 14.7. The maximum Gasteiger partial charge on any atom is 0.167 e. The first-order valence-electron chi connectivity index (χ1n) is 8.09. The Morgan fingerprint density at radius 3 is 2.00 bits per heavy atom. The summed E-state index contributed by atoms with van der Waals surface area (Å²) >= 11 is 0. The number of ketones is 1. The van der Waals surface area contributed by atoms with Gasteiger partial charge in [-0.25, -0.2) is 0 Å². The number of hydrogen-bond acceptors (Lipinski definition) is 2. The normalized spacial score (nSPS) is 13.5. The molecule has 0 amide bonds. The van der Waals surface area contributed by atoms with Crippen LogP contribution in [0.3, 0.4) is 0 Å². The number of unbranched alkanes of at least 4 members (excludes halogenated alkanes) is 5. The predicted molar refractivity (Wildman–Crippen MR) is 82.5 cm³/mol. The Labute approximate surface area is 120 Å². The Bertz CT molecular complexity index is 233. The van der Waals surface area contributed by atoms with E-state index in [1.54, 1.807) is 7.11 Å². The van der Waals surface area contributed by atoms with E-state index in [-0.39, 0.29) is 5.92 Å². The largest absolute Gasteiger partial charge is 0.371 e. The highest BCUT2D eigenvalue weighted by atomic mass is 16.5. The number of ether oxygens (including phenoxy) is 1. The van der Waals surface area contributed by atoms with Crippen molar-refractivity contribution >= 4 is 5.78 Å². The van der Waals surface area contributed by atoms with Crippen LogP contribution < -0.4 is 0 Å². The molecular formula is C17H34O2. The van der Waals surface area contributed by atoms with Crippen LogP contribution in [0.5, 0.6) is 0 Å². The molecule has 114 valence electrons. The van der Waals surface area contributed by atoms with Crippen LogP contribution in [0.25, 0.3) is 0 Å². The van der Waals surface area contributed by atoms with Crippen molar-refractivity contribution in [3.8, 4) is 0 Å². The van der Waals surface area contributed by atoms with Crippen molar-refractivity contribution in [1.82, 2.24) is 0 Å². The second kappa shape index (κ2) is 10.4. The molecule has 0 bridgehead atoms. The lowest BCUT2D eigenvalue weighted by Crippen LogP contribution is -2.38. The molecule has 19 heavy (non-hydrogen) atoms. The van der Waals surface area contributed by atoms with Gasteiger partial charge in [-0.2, -0.15) is 0 Å². The highest BCUT2D eigenvalue weighted by Gasteiger charge is 2.32. The summed E-state index contributed by atoms with van der Waals surface area (Å²) in [5.74, 6) is 0.482. The summed E-state index contributed by atoms with van der Waals surface area (Å²) in [6.45, 7) is 8.20. The SMILES string of the molecule is CCCCCCCC(CCCC)C(=O)C(C)(C)OC. The fraction of sp³-hybridized carbons (Fsp3) is 0.941. The first kappa shape index (κ1) is 18.6. The third kappa shape index (κ3) is 7.71. The highest BCUT2D eigenvalue weighted by Crippen LogP contribution is 2.25. The van der Waals surface area contributed by atoms with Gasteiger partial charge in [0.2, 0.25) is 0 Å². The quantitative estimate of drug-likeness (QED) is 0.459. The van der Waals surface area contributed by atoms with Crippen molar-refractivity contribution in [2.75, 3.05) is 7.11 Å². The minimum Gasteiger partial charge on any atom is -0.371 e. The van der Waals surface area contributed by atoms with Crippen molar-refractivity contribution in [2.24, 2.45) is 5.92 Å². The maximum absolute atomic E-state index is 12.5. The molecular weight excluding hydrogens is 236 g/mol. The van der Waals surface area contributed by atoms with E-state index < -0.39 is 5.60 Å². The van der Waals surface area contributed by atoms with Gasteiger partial charge in [-0.1, -0.05) is 58.8 Å². The van der Waals surface area contributed by atoms with Crippen LogP contribution in [-0.2, 0) is 9.53 Å². The molecule has 1 atom stereocenters. The third-order valence-electron chi connectivity index (χ3n) is 4.04. The van der Waals surface area contributed by atoms with Crippen molar-refractivity contribution in [3.05, 3.63) is 0 Å². The van der Waals surface area contributed by atoms with Crippen LogP contribution in [0.4, 0.5) is 0 Å². The number of hydrogen-bond donors (Lipinski definition) is 0. The molecule has 1 unspecified atom stereocenters. The fourth-order valence-electron chi connectivity index (χ4n) is 2.44. The lowest BCUT2D eigenvalue weighted by atomic mass is 9.84. The van der Waals surface area contributed by atoms with Crippen molar-refractivity contribution in [3.63, 3.8) is 0 Å². The second-order valence-electron chi connectivity index (χ2n) is 6.12. The molecule has 0 spiro atoms. The Kier molecular flexibility index (Phi) is 10.2. The Morgan fingerprint density at radius 2 is 1.47 bits per heavy atom. The van der Waals surface area contributed by atoms with Gasteiger partial charge >= 0.3 is 0 Å². The van der Waals surface area contributed by atoms with Crippen molar-refractivity contribution < 1.29 is 9.53 Å². The molecule has 0 N–H and O–H groups in total. The van der Waals surface area contributed by atoms with E-state index in [1.165, 1.54) is 32.1 Å². The number of carbonyl (C=O) groups is 1. The highest BCUT2D eigenvalue weighted by molar-refractivity contribution is 5.88. The fourth-order valence-corrected chi connectivity index (χ4v) is 2.44. The summed E-state index contributed by atoms with van der Waals surface area (Å²) in [4.78, 5) is 12.5. The van der Waals surface area contributed by atoms with E-state index >= 15 is 0 Å². The Hall–Kier alpha value is -0.370. The molecule has 0 aliphatic rings. The molecule has 0 aliphatic carbocycles. The Balaban J connectivity index is 4.25. The molecule has 2 heteroatoms. The molecule has 0 saturated heterocycles. The predicted octanol–water partition coefficient (Wildman–Crippen LogP) is 5.15. The standard InChI is InChI=1S/C17H34O2/c1-6-8-10-11-12-14-15(13-9-7-2)16(18)17(3,4)19-5/h15H,6-14H2,1-5H3. The van der Waals surface area contributed by atoms with Gasteiger partial charge in [0.25, 0.3) is 0 Å². The van der Waals surface area contributed by atoms with Crippen LogP contribution in [0.1, 0.15) is 85.5 Å². The summed E-state index contributed by atoms with van der Waals surface area (Å²) in [7, 11) is 1.63. The lowest BCUT2D eigenvalue weighted by molar-refractivity contribution is -0.142. The van der Waals surface area contributed by atoms with Gasteiger partial charge in [0.1, 0.15) is 5.60 Å². The molecule has 0 rings (SSSR count).